The molecule has 0 radical (unpaired) electrons. The van der Waals surface area contributed by atoms with Gasteiger partial charge in [-0.2, -0.15) is 0 Å². The van der Waals surface area contributed by atoms with Gasteiger partial charge in [0.05, 0.1) is 11.4 Å². The van der Waals surface area contributed by atoms with E-state index in [-0.39, 0.29) is 17.2 Å². The van der Waals surface area contributed by atoms with Crippen LogP contribution in [0.4, 0.5) is 5.69 Å². The standard InChI is InChI=1S/C18H16ClNO3/c19-11-17(21)10-5-13-3-8-16(9-4-13)20-12-14-1-6-15(7-2-14)18(22)23/h1-10,20H,11-12H2,(H,22,23)/b10-5-. The molecule has 2 aromatic rings. The molecule has 0 unspecified atom stereocenters. The Morgan fingerprint density at radius 3 is 2.26 bits per heavy atom. The van der Waals surface area contributed by atoms with Crippen LogP contribution in [0.5, 0.6) is 0 Å². The lowest BCUT2D eigenvalue weighted by molar-refractivity contribution is -0.112. The van der Waals surface area contributed by atoms with Gasteiger partial charge in [0, 0.05) is 12.2 Å². The van der Waals surface area contributed by atoms with Crippen molar-refractivity contribution in [3.8, 4) is 0 Å². The molecule has 0 aliphatic carbocycles. The minimum absolute atomic E-state index is 0.0171. The summed E-state index contributed by atoms with van der Waals surface area (Å²) in [6.45, 7) is 0.597. The van der Waals surface area contributed by atoms with E-state index >= 15 is 0 Å². The van der Waals surface area contributed by atoms with Crippen molar-refractivity contribution < 1.29 is 14.7 Å². The predicted octanol–water partition coefficient (Wildman–Crippen LogP) is 3.82. The number of carboxylic acid groups (broad SMARTS) is 1. The summed E-state index contributed by atoms with van der Waals surface area (Å²) in [7, 11) is 0. The van der Waals surface area contributed by atoms with Crippen LogP contribution in [-0.4, -0.2) is 22.7 Å². The predicted molar refractivity (Wildman–Crippen MR) is 91.9 cm³/mol. The second kappa shape index (κ2) is 8.15. The third-order valence-corrected chi connectivity index (χ3v) is 3.47. The highest BCUT2D eigenvalue weighted by molar-refractivity contribution is 6.29. The number of carbonyl (C=O) groups excluding carboxylic acids is 1. The Morgan fingerprint density at radius 2 is 1.70 bits per heavy atom. The second-order valence-electron chi connectivity index (χ2n) is 4.91. The van der Waals surface area contributed by atoms with Gasteiger partial charge in [-0.15, -0.1) is 11.6 Å². The number of carbonyl (C=O) groups is 2. The molecule has 0 aliphatic rings. The summed E-state index contributed by atoms with van der Waals surface area (Å²) in [5.74, 6) is -1.07. The first-order valence-corrected chi connectivity index (χ1v) is 7.55. The van der Waals surface area contributed by atoms with E-state index in [1.807, 2.05) is 24.3 Å². The van der Waals surface area contributed by atoms with E-state index in [1.54, 1.807) is 30.3 Å². The fourth-order valence-electron chi connectivity index (χ4n) is 1.92. The molecule has 4 nitrogen and oxygen atoms in total. The Hall–Kier alpha value is -2.59. The van der Waals surface area contributed by atoms with Gasteiger partial charge in [-0.1, -0.05) is 30.3 Å². The lowest BCUT2D eigenvalue weighted by atomic mass is 10.1. The van der Waals surface area contributed by atoms with E-state index in [4.69, 9.17) is 16.7 Å². The second-order valence-corrected chi connectivity index (χ2v) is 5.18. The first-order chi connectivity index (χ1) is 11.1. The van der Waals surface area contributed by atoms with Crippen LogP contribution in [0, 0.1) is 0 Å². The molecule has 5 heteroatoms. The zero-order valence-electron chi connectivity index (χ0n) is 12.3. The largest absolute Gasteiger partial charge is 0.478 e. The first-order valence-electron chi connectivity index (χ1n) is 7.01. The fourth-order valence-corrected chi connectivity index (χ4v) is 2.00. The third-order valence-electron chi connectivity index (χ3n) is 3.20. The van der Waals surface area contributed by atoms with E-state index < -0.39 is 5.97 Å². The van der Waals surface area contributed by atoms with E-state index in [0.29, 0.717) is 6.54 Å². The van der Waals surface area contributed by atoms with Gasteiger partial charge in [-0.05, 0) is 41.5 Å². The van der Waals surface area contributed by atoms with Crippen molar-refractivity contribution in [2.45, 2.75) is 6.54 Å². The van der Waals surface area contributed by atoms with Crippen LogP contribution in [0.2, 0.25) is 0 Å². The number of rotatable bonds is 7. The Bertz CT molecular complexity index is 706. The highest BCUT2D eigenvalue weighted by atomic mass is 35.5. The van der Waals surface area contributed by atoms with Crippen LogP contribution < -0.4 is 5.32 Å². The SMILES string of the molecule is O=C(/C=C\c1ccc(NCc2ccc(C(=O)O)cc2)cc1)CCl. The van der Waals surface area contributed by atoms with Gasteiger partial charge in [0.15, 0.2) is 5.78 Å². The average Bonchev–Trinajstić information content (AvgIpc) is 2.59. The summed E-state index contributed by atoms with van der Waals surface area (Å²) in [6, 6.07) is 14.4. The van der Waals surface area contributed by atoms with Gasteiger partial charge >= 0.3 is 5.97 Å². The van der Waals surface area contributed by atoms with Gasteiger partial charge < -0.3 is 10.4 Å². The van der Waals surface area contributed by atoms with E-state index in [2.05, 4.69) is 5.32 Å². The molecule has 0 heterocycles. The molecular weight excluding hydrogens is 314 g/mol. The molecule has 0 amide bonds. The number of alkyl halides is 1. The van der Waals surface area contributed by atoms with Crippen LogP contribution in [0.15, 0.2) is 54.6 Å². The average molecular weight is 330 g/mol. The van der Waals surface area contributed by atoms with Crippen LogP contribution in [0.3, 0.4) is 0 Å². The summed E-state index contributed by atoms with van der Waals surface area (Å²) < 4.78 is 0. The number of allylic oxidation sites excluding steroid dienone is 1. The molecule has 118 valence electrons. The van der Waals surface area contributed by atoms with Crippen molar-refractivity contribution in [2.75, 3.05) is 11.2 Å². The molecule has 0 aromatic heterocycles. The molecule has 2 aromatic carbocycles. The summed E-state index contributed by atoms with van der Waals surface area (Å²) in [5.41, 5.74) is 3.12. The quantitative estimate of drug-likeness (QED) is 0.598. The van der Waals surface area contributed by atoms with Gasteiger partial charge in [0.2, 0.25) is 0 Å². The number of halogens is 1. The van der Waals surface area contributed by atoms with Gasteiger partial charge in [-0.3, -0.25) is 4.79 Å². The molecule has 0 aliphatic heterocycles. The van der Waals surface area contributed by atoms with Crippen LogP contribution in [-0.2, 0) is 11.3 Å². The van der Waals surface area contributed by atoms with Crippen molar-refractivity contribution in [1.29, 1.82) is 0 Å². The van der Waals surface area contributed by atoms with Crippen molar-refractivity contribution in [3.63, 3.8) is 0 Å². The number of benzene rings is 2. The van der Waals surface area contributed by atoms with Crippen molar-refractivity contribution in [2.24, 2.45) is 0 Å². The molecule has 0 saturated heterocycles. The van der Waals surface area contributed by atoms with Gasteiger partial charge in [0.25, 0.3) is 0 Å². The van der Waals surface area contributed by atoms with Gasteiger partial charge in [0.1, 0.15) is 0 Å². The summed E-state index contributed by atoms with van der Waals surface area (Å²) in [5, 5.41) is 12.1. The first kappa shape index (κ1) is 16.8. The maximum atomic E-state index is 11.1. The van der Waals surface area contributed by atoms with E-state index in [9.17, 15) is 9.59 Å². The fraction of sp³-hybridized carbons (Fsp3) is 0.111. The van der Waals surface area contributed by atoms with Crippen molar-refractivity contribution in [3.05, 3.63) is 71.3 Å². The highest BCUT2D eigenvalue weighted by Crippen LogP contribution is 2.13. The molecule has 0 saturated carbocycles. The normalized spacial score (nSPS) is 10.7. The lowest BCUT2D eigenvalue weighted by Crippen LogP contribution is -2.01. The third kappa shape index (κ3) is 5.27. The topological polar surface area (TPSA) is 66.4 Å². The van der Waals surface area contributed by atoms with Crippen LogP contribution in [0.25, 0.3) is 6.08 Å². The Labute approximate surface area is 139 Å². The molecule has 2 N–H and O–H groups in total. The minimum Gasteiger partial charge on any atom is -0.478 e. The van der Waals surface area contributed by atoms with Gasteiger partial charge in [-0.25, -0.2) is 4.79 Å². The summed E-state index contributed by atoms with van der Waals surface area (Å²) in [6.07, 6.45) is 3.18. The number of nitrogens with one attached hydrogen (secondary N) is 1. The monoisotopic (exact) mass is 329 g/mol. The maximum Gasteiger partial charge on any atom is 0.335 e. The van der Waals surface area contributed by atoms with E-state index in [0.717, 1.165) is 16.8 Å². The number of hydrogen-bond acceptors (Lipinski definition) is 3. The maximum absolute atomic E-state index is 11.1. The summed E-state index contributed by atoms with van der Waals surface area (Å²) in [4.78, 5) is 21.9. The van der Waals surface area contributed by atoms with Crippen LogP contribution in [0.1, 0.15) is 21.5 Å². The smallest absolute Gasteiger partial charge is 0.335 e. The van der Waals surface area contributed by atoms with E-state index in [1.165, 1.54) is 6.08 Å². The summed E-state index contributed by atoms with van der Waals surface area (Å²) >= 11 is 5.43. The number of aromatic carboxylic acids is 1. The van der Waals surface area contributed by atoms with Crippen molar-refractivity contribution in [1.82, 2.24) is 0 Å². The Kier molecular flexibility index (Phi) is 5.94. The molecule has 0 fully saturated rings. The number of hydrogen-bond donors (Lipinski definition) is 2. The van der Waals surface area contributed by atoms with Crippen molar-refractivity contribution >= 4 is 35.1 Å². The number of ketones is 1. The molecular formula is C18H16ClNO3. The number of carboxylic acids is 1. The Morgan fingerprint density at radius 1 is 1.04 bits per heavy atom. The molecule has 2 rings (SSSR count). The lowest BCUT2D eigenvalue weighted by Gasteiger charge is -2.07. The zero-order chi connectivity index (χ0) is 16.7. The minimum atomic E-state index is -0.930. The number of anilines is 1. The molecule has 0 atom stereocenters. The zero-order valence-corrected chi connectivity index (χ0v) is 13.1. The molecule has 23 heavy (non-hydrogen) atoms. The van der Waals surface area contributed by atoms with Crippen LogP contribution >= 0.6 is 11.6 Å². The Balaban J connectivity index is 1.92. The highest BCUT2D eigenvalue weighted by Gasteiger charge is 2.01. The molecule has 0 bridgehead atoms. The molecule has 0 spiro atoms.